The molecule has 0 amide bonds. The molecule has 3 rings (SSSR count). The molecular formula is C17H16O3S. The third kappa shape index (κ3) is 2.02. The van der Waals surface area contributed by atoms with Gasteiger partial charge in [0.15, 0.2) is 20.4 Å². The lowest BCUT2D eigenvalue weighted by molar-refractivity contribution is -0.121. The van der Waals surface area contributed by atoms with E-state index < -0.39 is 14.6 Å². The van der Waals surface area contributed by atoms with Gasteiger partial charge in [-0.15, -0.1) is 0 Å². The first kappa shape index (κ1) is 14.0. The summed E-state index contributed by atoms with van der Waals surface area (Å²) in [6.07, 6.45) is 0.700. The Bertz CT molecular complexity index is 710. The lowest BCUT2D eigenvalue weighted by Gasteiger charge is -2.36. The van der Waals surface area contributed by atoms with Gasteiger partial charge in [-0.3, -0.25) is 4.79 Å². The maximum absolute atomic E-state index is 12.9. The minimum Gasteiger partial charge on any atom is -0.297 e. The van der Waals surface area contributed by atoms with Gasteiger partial charge in [-0.05, 0) is 17.5 Å². The van der Waals surface area contributed by atoms with Crippen LogP contribution in [0.15, 0.2) is 60.7 Å². The summed E-state index contributed by atoms with van der Waals surface area (Å²) >= 11 is 0. The van der Waals surface area contributed by atoms with Crippen LogP contribution in [0, 0.1) is 0 Å². The zero-order chi connectivity index (χ0) is 14.9. The highest BCUT2D eigenvalue weighted by atomic mass is 32.2. The van der Waals surface area contributed by atoms with Crippen molar-refractivity contribution >= 4 is 15.6 Å². The third-order valence-electron chi connectivity index (χ3n) is 4.04. The van der Waals surface area contributed by atoms with Crippen LogP contribution in [0.25, 0.3) is 0 Å². The van der Waals surface area contributed by atoms with E-state index in [1.165, 1.54) is 0 Å². The zero-order valence-electron chi connectivity index (χ0n) is 11.5. The summed E-state index contributed by atoms with van der Waals surface area (Å²) in [6, 6.07) is 17.7. The van der Waals surface area contributed by atoms with Crippen LogP contribution < -0.4 is 0 Å². The number of hydrogen-bond acceptors (Lipinski definition) is 3. The third-order valence-corrected chi connectivity index (χ3v) is 6.49. The molecule has 0 bridgehead atoms. The largest absolute Gasteiger partial charge is 0.297 e. The summed E-state index contributed by atoms with van der Waals surface area (Å²) in [7, 11) is -3.59. The topological polar surface area (TPSA) is 51.2 Å². The highest BCUT2D eigenvalue weighted by Gasteiger charge is 2.54. The lowest BCUT2D eigenvalue weighted by Crippen LogP contribution is -2.49. The van der Waals surface area contributed by atoms with Crippen molar-refractivity contribution in [3.63, 3.8) is 0 Å². The molecule has 0 unspecified atom stereocenters. The van der Waals surface area contributed by atoms with Crippen LogP contribution in [0.1, 0.15) is 24.0 Å². The zero-order valence-corrected chi connectivity index (χ0v) is 12.3. The molecule has 1 heterocycles. The average molecular weight is 300 g/mol. The molecule has 2 aromatic rings. The fourth-order valence-electron chi connectivity index (χ4n) is 3.12. The molecule has 0 radical (unpaired) electrons. The van der Waals surface area contributed by atoms with E-state index in [2.05, 4.69) is 0 Å². The van der Waals surface area contributed by atoms with Gasteiger partial charge < -0.3 is 0 Å². The molecule has 0 aromatic heterocycles. The van der Waals surface area contributed by atoms with E-state index in [4.69, 9.17) is 0 Å². The fourth-order valence-corrected chi connectivity index (χ4v) is 5.39. The van der Waals surface area contributed by atoms with E-state index in [1.807, 2.05) is 12.1 Å². The number of benzene rings is 2. The Morgan fingerprint density at radius 2 is 1.29 bits per heavy atom. The number of carbonyl (C=O) groups is 1. The standard InChI is InChI=1S/C17H16O3S/c18-16-12-7-13-21(19,20)17(16,14-8-3-1-4-9-14)15-10-5-2-6-11-15/h1-6,8-11H,7,12-13H2. The van der Waals surface area contributed by atoms with E-state index in [-0.39, 0.29) is 11.5 Å². The van der Waals surface area contributed by atoms with E-state index in [1.54, 1.807) is 48.5 Å². The van der Waals surface area contributed by atoms with Crippen molar-refractivity contribution in [2.24, 2.45) is 0 Å². The average Bonchev–Trinajstić information content (AvgIpc) is 2.49. The van der Waals surface area contributed by atoms with Gasteiger partial charge in [0.1, 0.15) is 0 Å². The number of Topliss-reactive ketones (excluding diaryl/α,β-unsaturated/α-hetero) is 1. The van der Waals surface area contributed by atoms with Gasteiger partial charge in [0.25, 0.3) is 0 Å². The second-order valence-corrected chi connectivity index (χ2v) is 7.51. The van der Waals surface area contributed by atoms with Crippen LogP contribution in [0.3, 0.4) is 0 Å². The van der Waals surface area contributed by atoms with Crippen LogP contribution in [0.5, 0.6) is 0 Å². The van der Waals surface area contributed by atoms with Crippen molar-refractivity contribution in [2.45, 2.75) is 17.6 Å². The molecule has 0 saturated carbocycles. The van der Waals surface area contributed by atoms with Crippen LogP contribution >= 0.6 is 0 Å². The van der Waals surface area contributed by atoms with Crippen molar-refractivity contribution < 1.29 is 13.2 Å². The van der Waals surface area contributed by atoms with Gasteiger partial charge in [-0.1, -0.05) is 60.7 Å². The van der Waals surface area contributed by atoms with E-state index in [9.17, 15) is 13.2 Å². The SMILES string of the molecule is O=C1CCCS(=O)(=O)C1(c1ccccc1)c1ccccc1. The smallest absolute Gasteiger partial charge is 0.180 e. The maximum Gasteiger partial charge on any atom is 0.180 e. The Balaban J connectivity index is 2.38. The molecule has 1 aliphatic rings. The molecule has 2 aromatic carbocycles. The molecule has 1 aliphatic heterocycles. The van der Waals surface area contributed by atoms with Gasteiger partial charge in [0.2, 0.25) is 0 Å². The number of hydrogen-bond donors (Lipinski definition) is 0. The highest BCUT2D eigenvalue weighted by Crippen LogP contribution is 2.43. The molecule has 0 N–H and O–H groups in total. The Kier molecular flexibility index (Phi) is 3.41. The number of carbonyl (C=O) groups excluding carboxylic acids is 1. The summed E-state index contributed by atoms with van der Waals surface area (Å²) in [4.78, 5) is 12.8. The van der Waals surface area contributed by atoms with E-state index in [0.717, 1.165) is 0 Å². The van der Waals surface area contributed by atoms with Gasteiger partial charge in [-0.2, -0.15) is 0 Å². The van der Waals surface area contributed by atoms with Gasteiger partial charge in [0, 0.05) is 6.42 Å². The second kappa shape index (κ2) is 5.11. The summed E-state index contributed by atoms with van der Waals surface area (Å²) in [5.41, 5.74) is 1.09. The first-order valence-electron chi connectivity index (χ1n) is 6.96. The van der Waals surface area contributed by atoms with Crippen LogP contribution in [-0.4, -0.2) is 20.0 Å². The predicted octanol–water partition coefficient (Wildman–Crippen LogP) is 2.71. The molecule has 1 fully saturated rings. The van der Waals surface area contributed by atoms with Gasteiger partial charge >= 0.3 is 0 Å². The normalized spacial score (nSPS) is 20.1. The Hall–Kier alpha value is -1.94. The number of rotatable bonds is 2. The molecule has 1 saturated heterocycles. The molecule has 0 aliphatic carbocycles. The first-order valence-corrected chi connectivity index (χ1v) is 8.61. The molecular weight excluding hydrogens is 284 g/mol. The monoisotopic (exact) mass is 300 g/mol. The first-order chi connectivity index (χ1) is 10.1. The minimum atomic E-state index is -3.59. The Morgan fingerprint density at radius 1 is 0.810 bits per heavy atom. The second-order valence-electron chi connectivity index (χ2n) is 5.26. The van der Waals surface area contributed by atoms with Crippen molar-refractivity contribution in [2.75, 3.05) is 5.75 Å². The summed E-state index contributed by atoms with van der Waals surface area (Å²) in [6.45, 7) is 0. The minimum absolute atomic E-state index is 0.0442. The van der Waals surface area contributed by atoms with Crippen LogP contribution in [0.2, 0.25) is 0 Å². The van der Waals surface area contributed by atoms with Crippen molar-refractivity contribution in [3.8, 4) is 0 Å². The summed E-state index contributed by atoms with van der Waals surface area (Å²) in [5.74, 6) is -0.186. The number of ketones is 1. The van der Waals surface area contributed by atoms with Crippen LogP contribution in [-0.2, 0) is 19.4 Å². The molecule has 4 heteroatoms. The van der Waals surface area contributed by atoms with Crippen molar-refractivity contribution in [3.05, 3.63) is 71.8 Å². The Labute approximate surface area is 124 Å². The molecule has 0 spiro atoms. The van der Waals surface area contributed by atoms with Crippen molar-refractivity contribution in [1.82, 2.24) is 0 Å². The predicted molar refractivity (Wildman–Crippen MR) is 81.7 cm³/mol. The molecule has 21 heavy (non-hydrogen) atoms. The van der Waals surface area contributed by atoms with Crippen LogP contribution in [0.4, 0.5) is 0 Å². The van der Waals surface area contributed by atoms with Gasteiger partial charge in [0.05, 0.1) is 5.75 Å². The Morgan fingerprint density at radius 3 is 1.71 bits per heavy atom. The molecule has 3 nitrogen and oxygen atoms in total. The highest BCUT2D eigenvalue weighted by molar-refractivity contribution is 7.93. The molecule has 0 atom stereocenters. The number of sulfone groups is 1. The van der Waals surface area contributed by atoms with Crippen molar-refractivity contribution in [1.29, 1.82) is 0 Å². The van der Waals surface area contributed by atoms with E-state index >= 15 is 0 Å². The summed E-state index contributed by atoms with van der Waals surface area (Å²) < 4.78 is 24.2. The maximum atomic E-state index is 12.9. The fraction of sp³-hybridized carbons (Fsp3) is 0.235. The van der Waals surface area contributed by atoms with E-state index in [0.29, 0.717) is 24.0 Å². The quantitative estimate of drug-likeness (QED) is 0.857. The lowest BCUT2D eigenvalue weighted by atomic mass is 9.84. The molecule has 108 valence electrons. The summed E-state index contributed by atoms with van der Waals surface area (Å²) in [5, 5.41) is 0. The van der Waals surface area contributed by atoms with Gasteiger partial charge in [-0.25, -0.2) is 8.42 Å².